The zero-order chi connectivity index (χ0) is 10.4. The van der Waals surface area contributed by atoms with Crippen LogP contribution in [0.1, 0.15) is 19.4 Å². The van der Waals surface area contributed by atoms with Crippen molar-refractivity contribution in [1.82, 2.24) is 0 Å². The molecule has 0 N–H and O–H groups in total. The molecule has 0 aliphatic heterocycles. The van der Waals surface area contributed by atoms with E-state index in [9.17, 15) is 4.79 Å². The highest BCUT2D eigenvalue weighted by Crippen LogP contribution is 1.97. The second-order valence-corrected chi connectivity index (χ2v) is 2.90. The average Bonchev–Trinajstić information content (AvgIpc) is 2.15. The van der Waals surface area contributed by atoms with E-state index in [-0.39, 0.29) is 5.97 Å². The first-order valence-corrected chi connectivity index (χ1v) is 4.44. The summed E-state index contributed by atoms with van der Waals surface area (Å²) in [5, 5.41) is 0. The first kappa shape index (κ1) is 10.4. The molecule has 0 aliphatic carbocycles. The Morgan fingerprint density at radius 2 is 2.07 bits per heavy atom. The van der Waals surface area contributed by atoms with Gasteiger partial charge in [-0.25, -0.2) is 0 Å². The number of hydrogen-bond donors (Lipinski definition) is 0. The molecule has 0 saturated carbocycles. The van der Waals surface area contributed by atoms with Crippen molar-refractivity contribution in [1.29, 1.82) is 0 Å². The van der Waals surface area contributed by atoms with Crippen molar-refractivity contribution in [3.8, 4) is 0 Å². The summed E-state index contributed by atoms with van der Waals surface area (Å²) >= 11 is 0. The molecule has 0 aliphatic rings. The molecule has 1 atom stereocenters. The Morgan fingerprint density at radius 3 is 2.64 bits per heavy atom. The summed E-state index contributed by atoms with van der Waals surface area (Å²) in [4.78, 5) is 14.6. The topological polar surface area (TPSA) is 38.7 Å². The number of rotatable bonds is 3. The number of carbonyl (C=O) groups is 1. The lowest BCUT2D eigenvalue weighted by Crippen LogP contribution is -2.09. The van der Waals surface area contributed by atoms with Gasteiger partial charge in [-0.3, -0.25) is 9.79 Å². The van der Waals surface area contributed by atoms with Gasteiger partial charge < -0.3 is 4.74 Å². The first-order valence-electron chi connectivity index (χ1n) is 4.44. The lowest BCUT2D eigenvalue weighted by atomic mass is 10.2. The highest BCUT2D eigenvalue weighted by Gasteiger charge is 1.99. The van der Waals surface area contributed by atoms with Gasteiger partial charge in [0.15, 0.2) is 6.23 Å². The highest BCUT2D eigenvalue weighted by atomic mass is 16.6. The Kier molecular flexibility index (Phi) is 3.85. The molecular formula is C11H13NO2. The summed E-state index contributed by atoms with van der Waals surface area (Å²) < 4.78 is 4.84. The van der Waals surface area contributed by atoms with E-state index in [1.807, 2.05) is 30.3 Å². The van der Waals surface area contributed by atoms with E-state index in [0.29, 0.717) is 0 Å². The van der Waals surface area contributed by atoms with Crippen LogP contribution in [0.4, 0.5) is 0 Å². The standard InChI is InChI=1S/C11H13NO2/c1-9(14-10(2)13)12-8-11-6-4-3-5-7-11/h3-9H,1-2H3. The van der Waals surface area contributed by atoms with E-state index in [2.05, 4.69) is 4.99 Å². The second kappa shape index (κ2) is 5.17. The molecule has 14 heavy (non-hydrogen) atoms. The van der Waals surface area contributed by atoms with Crippen LogP contribution in [0.5, 0.6) is 0 Å². The number of carbonyl (C=O) groups excluding carboxylic acids is 1. The number of aliphatic imine (C=N–C) groups is 1. The number of hydrogen-bond acceptors (Lipinski definition) is 3. The SMILES string of the molecule is CC(=O)OC(C)N=Cc1ccccc1. The molecular weight excluding hydrogens is 178 g/mol. The molecule has 0 fully saturated rings. The van der Waals surface area contributed by atoms with Gasteiger partial charge in [0, 0.05) is 13.1 Å². The van der Waals surface area contributed by atoms with Gasteiger partial charge in [-0.15, -0.1) is 0 Å². The predicted molar refractivity (Wildman–Crippen MR) is 55.3 cm³/mol. The van der Waals surface area contributed by atoms with Crippen LogP contribution in [-0.4, -0.2) is 18.4 Å². The van der Waals surface area contributed by atoms with E-state index >= 15 is 0 Å². The maximum Gasteiger partial charge on any atom is 0.304 e. The highest BCUT2D eigenvalue weighted by molar-refractivity contribution is 5.79. The molecule has 0 bridgehead atoms. The fraction of sp³-hybridized carbons (Fsp3) is 0.273. The van der Waals surface area contributed by atoms with Crippen molar-refractivity contribution in [2.45, 2.75) is 20.1 Å². The van der Waals surface area contributed by atoms with Crippen molar-refractivity contribution in [3.05, 3.63) is 35.9 Å². The number of nitrogens with zero attached hydrogens (tertiary/aromatic N) is 1. The van der Waals surface area contributed by atoms with E-state index in [4.69, 9.17) is 4.74 Å². The molecule has 1 rings (SSSR count). The maximum absolute atomic E-state index is 10.6. The van der Waals surface area contributed by atoms with E-state index in [1.54, 1.807) is 13.1 Å². The van der Waals surface area contributed by atoms with E-state index < -0.39 is 6.23 Å². The maximum atomic E-state index is 10.6. The first-order chi connectivity index (χ1) is 6.68. The van der Waals surface area contributed by atoms with Gasteiger partial charge in [0.05, 0.1) is 0 Å². The smallest absolute Gasteiger partial charge is 0.304 e. The Bertz CT molecular complexity index is 319. The summed E-state index contributed by atoms with van der Waals surface area (Å²) in [6, 6.07) is 9.66. The van der Waals surface area contributed by atoms with Crippen molar-refractivity contribution in [3.63, 3.8) is 0 Å². The molecule has 0 amide bonds. The molecule has 0 spiro atoms. The van der Waals surface area contributed by atoms with Crippen LogP contribution in [0.3, 0.4) is 0 Å². The van der Waals surface area contributed by atoms with E-state index in [1.165, 1.54) is 6.92 Å². The molecule has 0 radical (unpaired) electrons. The fourth-order valence-corrected chi connectivity index (χ4v) is 1.00. The summed E-state index contributed by atoms with van der Waals surface area (Å²) in [6.07, 6.45) is 1.26. The minimum atomic E-state index is -0.423. The lowest BCUT2D eigenvalue weighted by molar-refractivity contribution is -0.144. The van der Waals surface area contributed by atoms with Gasteiger partial charge in [-0.05, 0) is 12.5 Å². The Labute approximate surface area is 83.4 Å². The van der Waals surface area contributed by atoms with Crippen LogP contribution < -0.4 is 0 Å². The van der Waals surface area contributed by atoms with Crippen molar-refractivity contribution in [2.75, 3.05) is 0 Å². The third kappa shape index (κ3) is 3.85. The monoisotopic (exact) mass is 191 g/mol. The molecule has 0 aromatic heterocycles. The van der Waals surface area contributed by atoms with Crippen LogP contribution in [0, 0.1) is 0 Å². The summed E-state index contributed by atoms with van der Waals surface area (Å²) in [5.74, 6) is -0.317. The van der Waals surface area contributed by atoms with Crippen molar-refractivity contribution in [2.24, 2.45) is 4.99 Å². The third-order valence-electron chi connectivity index (χ3n) is 1.57. The third-order valence-corrected chi connectivity index (χ3v) is 1.57. The molecule has 0 heterocycles. The number of ether oxygens (including phenoxy) is 1. The van der Waals surface area contributed by atoms with Crippen LogP contribution >= 0.6 is 0 Å². The van der Waals surface area contributed by atoms with Gasteiger partial charge in [-0.2, -0.15) is 0 Å². The van der Waals surface area contributed by atoms with Gasteiger partial charge in [-0.1, -0.05) is 30.3 Å². The molecule has 3 nitrogen and oxygen atoms in total. The van der Waals surface area contributed by atoms with Crippen LogP contribution in [0.2, 0.25) is 0 Å². The zero-order valence-corrected chi connectivity index (χ0v) is 8.31. The molecule has 74 valence electrons. The van der Waals surface area contributed by atoms with Crippen molar-refractivity contribution < 1.29 is 9.53 Å². The average molecular weight is 191 g/mol. The minimum absolute atomic E-state index is 0.317. The summed E-state index contributed by atoms with van der Waals surface area (Å²) in [7, 11) is 0. The number of benzene rings is 1. The Balaban J connectivity index is 2.52. The van der Waals surface area contributed by atoms with Crippen LogP contribution in [-0.2, 0) is 9.53 Å². The second-order valence-electron chi connectivity index (χ2n) is 2.90. The fourth-order valence-electron chi connectivity index (χ4n) is 1.00. The molecule has 1 aromatic rings. The molecule has 3 heteroatoms. The summed E-state index contributed by atoms with van der Waals surface area (Å²) in [5.41, 5.74) is 0.992. The normalized spacial score (nSPS) is 12.7. The molecule has 1 aromatic carbocycles. The largest absolute Gasteiger partial charge is 0.440 e. The van der Waals surface area contributed by atoms with Gasteiger partial charge in [0.25, 0.3) is 0 Å². The van der Waals surface area contributed by atoms with E-state index in [0.717, 1.165) is 5.56 Å². The Morgan fingerprint density at radius 1 is 1.43 bits per heavy atom. The summed E-state index contributed by atoms with van der Waals surface area (Å²) in [6.45, 7) is 3.09. The number of esters is 1. The minimum Gasteiger partial charge on any atom is -0.440 e. The molecule has 0 saturated heterocycles. The van der Waals surface area contributed by atoms with Gasteiger partial charge >= 0.3 is 5.97 Å². The van der Waals surface area contributed by atoms with Gasteiger partial charge in [0.1, 0.15) is 0 Å². The van der Waals surface area contributed by atoms with Crippen LogP contribution in [0.25, 0.3) is 0 Å². The predicted octanol–water partition coefficient (Wildman–Crippen LogP) is 2.01. The van der Waals surface area contributed by atoms with Crippen LogP contribution in [0.15, 0.2) is 35.3 Å². The zero-order valence-electron chi connectivity index (χ0n) is 8.31. The quantitative estimate of drug-likeness (QED) is 0.541. The lowest BCUT2D eigenvalue weighted by Gasteiger charge is -2.05. The Hall–Kier alpha value is -1.64. The van der Waals surface area contributed by atoms with Crippen molar-refractivity contribution >= 4 is 12.2 Å². The molecule has 1 unspecified atom stereocenters. The van der Waals surface area contributed by atoms with Gasteiger partial charge in [0.2, 0.25) is 0 Å².